The average molecular weight is 360 g/mol. The summed E-state index contributed by atoms with van der Waals surface area (Å²) in [6.07, 6.45) is 12.2. The Labute approximate surface area is 157 Å². The zero-order chi connectivity index (χ0) is 17.8. The zero-order valence-electron chi connectivity index (χ0n) is 15.9. The smallest absolute Gasteiger partial charge is 0.225 e. The minimum absolute atomic E-state index is 0.0701. The molecule has 0 amide bonds. The predicted molar refractivity (Wildman–Crippen MR) is 103 cm³/mol. The van der Waals surface area contributed by atoms with Gasteiger partial charge in [0.1, 0.15) is 0 Å². The molecule has 0 atom stereocenters. The molecule has 6 heteroatoms. The number of likely N-dealkylation sites (tertiary alicyclic amines) is 2. The van der Waals surface area contributed by atoms with E-state index in [-0.39, 0.29) is 6.10 Å². The van der Waals surface area contributed by atoms with Crippen LogP contribution in [0.5, 0.6) is 0 Å². The summed E-state index contributed by atoms with van der Waals surface area (Å²) in [7, 11) is 0. The van der Waals surface area contributed by atoms with Crippen molar-refractivity contribution >= 4 is 5.95 Å². The van der Waals surface area contributed by atoms with Crippen LogP contribution in [0, 0.1) is 0 Å². The molecule has 144 valence electrons. The fraction of sp³-hybridized carbons (Fsp3) is 0.800. The Morgan fingerprint density at radius 2 is 1.50 bits per heavy atom. The second kappa shape index (κ2) is 8.63. The molecular weight excluding hydrogens is 326 g/mol. The maximum absolute atomic E-state index is 9.68. The van der Waals surface area contributed by atoms with Gasteiger partial charge in [0.25, 0.3) is 0 Å². The van der Waals surface area contributed by atoms with Crippen LogP contribution in [0.4, 0.5) is 5.95 Å². The number of hydrogen-bond donors (Lipinski definition) is 1. The number of rotatable bonds is 4. The summed E-state index contributed by atoms with van der Waals surface area (Å²) >= 11 is 0. The molecule has 0 spiro atoms. The van der Waals surface area contributed by atoms with Crippen molar-refractivity contribution in [1.29, 1.82) is 0 Å². The quantitative estimate of drug-likeness (QED) is 0.886. The van der Waals surface area contributed by atoms with Gasteiger partial charge < -0.3 is 14.9 Å². The van der Waals surface area contributed by atoms with Crippen LogP contribution in [-0.2, 0) is 6.54 Å². The third-order valence-electron chi connectivity index (χ3n) is 6.31. The number of aromatic nitrogens is 2. The fourth-order valence-corrected chi connectivity index (χ4v) is 4.64. The minimum Gasteiger partial charge on any atom is -0.393 e. The van der Waals surface area contributed by atoms with Crippen LogP contribution in [0.3, 0.4) is 0 Å². The lowest BCUT2D eigenvalue weighted by Crippen LogP contribution is -2.48. The maximum Gasteiger partial charge on any atom is 0.225 e. The van der Waals surface area contributed by atoms with E-state index in [1.54, 1.807) is 0 Å². The summed E-state index contributed by atoms with van der Waals surface area (Å²) < 4.78 is 0. The topological polar surface area (TPSA) is 55.7 Å². The number of anilines is 1. The average Bonchev–Trinajstić information content (AvgIpc) is 2.71. The van der Waals surface area contributed by atoms with Crippen molar-refractivity contribution < 1.29 is 5.11 Å². The Morgan fingerprint density at radius 3 is 2.15 bits per heavy atom. The Balaban J connectivity index is 1.24. The molecule has 3 saturated heterocycles. The number of piperidine rings is 3. The highest BCUT2D eigenvalue weighted by Crippen LogP contribution is 2.22. The van der Waals surface area contributed by atoms with Gasteiger partial charge in [-0.2, -0.15) is 0 Å². The summed E-state index contributed by atoms with van der Waals surface area (Å²) in [6, 6.07) is 0.705. The van der Waals surface area contributed by atoms with E-state index in [4.69, 9.17) is 0 Å². The molecule has 0 aromatic carbocycles. The molecule has 3 aliphatic heterocycles. The normalized spacial score (nSPS) is 24.9. The summed E-state index contributed by atoms with van der Waals surface area (Å²) in [6.45, 7) is 7.59. The van der Waals surface area contributed by atoms with E-state index in [1.165, 1.54) is 37.7 Å². The van der Waals surface area contributed by atoms with E-state index in [0.717, 1.165) is 64.6 Å². The van der Waals surface area contributed by atoms with Crippen molar-refractivity contribution in [2.45, 2.75) is 63.6 Å². The largest absolute Gasteiger partial charge is 0.393 e. The first-order valence-electron chi connectivity index (χ1n) is 10.5. The molecule has 26 heavy (non-hydrogen) atoms. The first-order chi connectivity index (χ1) is 12.8. The molecule has 1 aromatic rings. The molecule has 0 radical (unpaired) electrons. The van der Waals surface area contributed by atoms with Crippen LogP contribution in [0.15, 0.2) is 12.4 Å². The molecule has 0 saturated carbocycles. The molecule has 1 aromatic heterocycles. The lowest BCUT2D eigenvalue weighted by Gasteiger charge is -2.41. The van der Waals surface area contributed by atoms with E-state index in [2.05, 4.69) is 24.7 Å². The van der Waals surface area contributed by atoms with Gasteiger partial charge in [0.05, 0.1) is 6.10 Å². The van der Waals surface area contributed by atoms with Gasteiger partial charge in [0.15, 0.2) is 0 Å². The second-order valence-electron chi connectivity index (χ2n) is 8.21. The monoisotopic (exact) mass is 359 g/mol. The molecule has 3 aliphatic rings. The molecule has 0 bridgehead atoms. The van der Waals surface area contributed by atoms with Gasteiger partial charge in [0, 0.05) is 56.7 Å². The first kappa shape index (κ1) is 18.1. The highest BCUT2D eigenvalue weighted by molar-refractivity contribution is 5.30. The standard InChI is InChI=1S/C20H33N5O/c26-19-6-12-24(13-7-19)18-4-10-23(11-5-18)16-17-14-21-20(22-15-17)25-8-2-1-3-9-25/h14-15,18-19,26H,1-13,16H2. The van der Waals surface area contributed by atoms with Crippen molar-refractivity contribution in [1.82, 2.24) is 19.8 Å². The van der Waals surface area contributed by atoms with Crippen LogP contribution in [0.25, 0.3) is 0 Å². The van der Waals surface area contributed by atoms with E-state index in [9.17, 15) is 5.11 Å². The molecular formula is C20H33N5O. The third-order valence-corrected chi connectivity index (χ3v) is 6.31. The van der Waals surface area contributed by atoms with Gasteiger partial charge in [-0.25, -0.2) is 9.97 Å². The lowest BCUT2D eigenvalue weighted by atomic mass is 9.99. The van der Waals surface area contributed by atoms with E-state index in [1.807, 2.05) is 12.4 Å². The Bertz CT molecular complexity index is 544. The Morgan fingerprint density at radius 1 is 0.846 bits per heavy atom. The molecule has 0 aliphatic carbocycles. The number of nitrogens with zero attached hydrogens (tertiary/aromatic N) is 5. The summed E-state index contributed by atoms with van der Waals surface area (Å²) in [5.41, 5.74) is 1.23. The molecule has 4 rings (SSSR count). The first-order valence-corrected chi connectivity index (χ1v) is 10.5. The number of hydrogen-bond acceptors (Lipinski definition) is 6. The molecule has 0 unspecified atom stereocenters. The molecule has 4 heterocycles. The van der Waals surface area contributed by atoms with Crippen molar-refractivity contribution in [3.05, 3.63) is 18.0 Å². The van der Waals surface area contributed by atoms with Gasteiger partial charge in [-0.3, -0.25) is 4.90 Å². The van der Waals surface area contributed by atoms with Crippen LogP contribution < -0.4 is 4.90 Å². The second-order valence-corrected chi connectivity index (χ2v) is 8.21. The van der Waals surface area contributed by atoms with Gasteiger partial charge in [-0.1, -0.05) is 0 Å². The molecule has 1 N–H and O–H groups in total. The van der Waals surface area contributed by atoms with E-state index in [0.29, 0.717) is 6.04 Å². The maximum atomic E-state index is 9.68. The van der Waals surface area contributed by atoms with Crippen LogP contribution in [-0.4, -0.2) is 76.3 Å². The van der Waals surface area contributed by atoms with Gasteiger partial charge >= 0.3 is 0 Å². The predicted octanol–water partition coefficient (Wildman–Crippen LogP) is 1.89. The number of aliphatic hydroxyl groups is 1. The molecule has 3 fully saturated rings. The van der Waals surface area contributed by atoms with E-state index < -0.39 is 0 Å². The van der Waals surface area contributed by atoms with E-state index >= 15 is 0 Å². The van der Waals surface area contributed by atoms with Crippen molar-refractivity contribution in [3.8, 4) is 0 Å². The van der Waals surface area contributed by atoms with Crippen LogP contribution >= 0.6 is 0 Å². The SMILES string of the molecule is OC1CCN(C2CCN(Cc3cnc(N4CCCCC4)nc3)CC2)CC1. The van der Waals surface area contributed by atoms with Crippen molar-refractivity contribution in [3.63, 3.8) is 0 Å². The summed E-state index contributed by atoms with van der Waals surface area (Å²) in [5, 5.41) is 9.68. The van der Waals surface area contributed by atoms with Crippen LogP contribution in [0.1, 0.15) is 50.5 Å². The van der Waals surface area contributed by atoms with Gasteiger partial charge in [-0.15, -0.1) is 0 Å². The fourth-order valence-electron chi connectivity index (χ4n) is 4.64. The van der Waals surface area contributed by atoms with Crippen molar-refractivity contribution in [2.24, 2.45) is 0 Å². The Kier molecular flexibility index (Phi) is 6.02. The zero-order valence-corrected chi connectivity index (χ0v) is 15.9. The summed E-state index contributed by atoms with van der Waals surface area (Å²) in [4.78, 5) is 16.7. The number of aliphatic hydroxyl groups excluding tert-OH is 1. The lowest BCUT2D eigenvalue weighted by molar-refractivity contribution is 0.0375. The van der Waals surface area contributed by atoms with Crippen LogP contribution in [0.2, 0.25) is 0 Å². The van der Waals surface area contributed by atoms with Gasteiger partial charge in [0.2, 0.25) is 5.95 Å². The molecule has 6 nitrogen and oxygen atoms in total. The Hall–Kier alpha value is -1.24. The third kappa shape index (κ3) is 4.53. The van der Waals surface area contributed by atoms with Gasteiger partial charge in [-0.05, 0) is 58.0 Å². The summed E-state index contributed by atoms with van der Waals surface area (Å²) in [5.74, 6) is 0.902. The minimum atomic E-state index is -0.0701. The highest BCUT2D eigenvalue weighted by atomic mass is 16.3. The van der Waals surface area contributed by atoms with Crippen molar-refractivity contribution in [2.75, 3.05) is 44.2 Å². The highest BCUT2D eigenvalue weighted by Gasteiger charge is 2.27.